The van der Waals surface area contributed by atoms with Gasteiger partial charge in [0.05, 0.1) is 0 Å². The summed E-state index contributed by atoms with van der Waals surface area (Å²) in [6, 6.07) is 56.9. The van der Waals surface area contributed by atoms with Crippen LogP contribution in [0.1, 0.15) is 0 Å². The van der Waals surface area contributed by atoms with Crippen molar-refractivity contribution in [2.75, 3.05) is 0 Å². The van der Waals surface area contributed by atoms with Gasteiger partial charge < -0.3 is 4.42 Å². The van der Waals surface area contributed by atoms with Gasteiger partial charge in [0, 0.05) is 32.8 Å². The Balaban J connectivity index is 1.15. The van der Waals surface area contributed by atoms with E-state index in [0.29, 0.717) is 17.5 Å². The average Bonchev–Trinajstić information content (AvgIpc) is 3.57. The van der Waals surface area contributed by atoms with Crippen molar-refractivity contribution in [1.82, 2.24) is 15.0 Å². The van der Waals surface area contributed by atoms with E-state index in [9.17, 15) is 0 Å². The smallest absolute Gasteiger partial charge is 0.164 e. The summed E-state index contributed by atoms with van der Waals surface area (Å²) < 4.78 is 6.67. The van der Waals surface area contributed by atoms with Gasteiger partial charge in [-0.15, -0.1) is 0 Å². The summed E-state index contributed by atoms with van der Waals surface area (Å²) in [5.74, 6) is 1.95. The monoisotopic (exact) mass is 625 g/mol. The van der Waals surface area contributed by atoms with Crippen molar-refractivity contribution in [3.8, 4) is 45.3 Å². The predicted octanol–water partition coefficient (Wildman–Crippen LogP) is 11.9. The molecule has 49 heavy (non-hydrogen) atoms. The first-order valence-electron chi connectivity index (χ1n) is 16.4. The molecule has 0 amide bonds. The number of aromatic nitrogens is 3. The fourth-order valence-corrected chi connectivity index (χ4v) is 7.19. The number of fused-ring (bicyclic) bond motifs is 8. The van der Waals surface area contributed by atoms with Crippen molar-refractivity contribution in [3.05, 3.63) is 164 Å². The van der Waals surface area contributed by atoms with Crippen LogP contribution in [0.5, 0.6) is 0 Å². The lowest BCUT2D eigenvalue weighted by atomic mass is 9.94. The van der Waals surface area contributed by atoms with E-state index in [2.05, 4.69) is 103 Å². The Labute approximate surface area is 282 Å². The maximum atomic E-state index is 6.67. The SMILES string of the molecule is c1ccc(-c2nc(-c3ccccc3)nc(-c3cccc4cc(-c5cccc6oc7c(ccc8ccc9ccccc9c87)c56)ccc34)n2)cc1. The molecule has 2 heterocycles. The summed E-state index contributed by atoms with van der Waals surface area (Å²) >= 11 is 0. The summed E-state index contributed by atoms with van der Waals surface area (Å²) in [5, 5.41) is 9.18. The number of hydrogen-bond acceptors (Lipinski definition) is 4. The lowest BCUT2D eigenvalue weighted by Crippen LogP contribution is -2.00. The highest BCUT2D eigenvalue weighted by Gasteiger charge is 2.18. The van der Waals surface area contributed by atoms with Crippen molar-refractivity contribution < 1.29 is 4.42 Å². The van der Waals surface area contributed by atoms with E-state index < -0.39 is 0 Å². The largest absolute Gasteiger partial charge is 0.455 e. The van der Waals surface area contributed by atoms with Gasteiger partial charge in [-0.2, -0.15) is 0 Å². The van der Waals surface area contributed by atoms with Crippen LogP contribution in [0.2, 0.25) is 0 Å². The van der Waals surface area contributed by atoms with Gasteiger partial charge in [0.1, 0.15) is 11.2 Å². The second-order valence-corrected chi connectivity index (χ2v) is 12.4. The van der Waals surface area contributed by atoms with Gasteiger partial charge in [-0.1, -0.05) is 146 Å². The van der Waals surface area contributed by atoms with E-state index in [1.807, 2.05) is 60.7 Å². The Morgan fingerprint density at radius 3 is 1.76 bits per heavy atom. The Bertz CT molecular complexity index is 2820. The Hall–Kier alpha value is -6.65. The number of rotatable bonds is 4. The minimum Gasteiger partial charge on any atom is -0.455 e. The van der Waals surface area contributed by atoms with Gasteiger partial charge in [0.15, 0.2) is 17.5 Å². The van der Waals surface area contributed by atoms with E-state index >= 15 is 0 Å². The highest BCUT2D eigenvalue weighted by Crippen LogP contribution is 2.42. The summed E-state index contributed by atoms with van der Waals surface area (Å²) in [6.45, 7) is 0. The first-order valence-corrected chi connectivity index (χ1v) is 16.4. The number of benzene rings is 8. The molecule has 0 saturated heterocycles. The van der Waals surface area contributed by atoms with Crippen LogP contribution in [-0.4, -0.2) is 15.0 Å². The molecule has 0 N–H and O–H groups in total. The predicted molar refractivity (Wildman–Crippen MR) is 201 cm³/mol. The molecule has 228 valence electrons. The highest BCUT2D eigenvalue weighted by atomic mass is 16.3. The molecular weight excluding hydrogens is 599 g/mol. The van der Waals surface area contributed by atoms with E-state index in [1.165, 1.54) is 16.2 Å². The van der Waals surface area contributed by atoms with E-state index in [-0.39, 0.29) is 0 Å². The topological polar surface area (TPSA) is 51.8 Å². The molecule has 0 radical (unpaired) electrons. The van der Waals surface area contributed by atoms with Gasteiger partial charge in [-0.05, 0) is 56.3 Å². The minimum atomic E-state index is 0.646. The van der Waals surface area contributed by atoms with Gasteiger partial charge in [0.25, 0.3) is 0 Å². The lowest BCUT2D eigenvalue weighted by molar-refractivity contribution is 0.673. The molecule has 0 spiro atoms. The number of furan rings is 1. The van der Waals surface area contributed by atoms with Gasteiger partial charge in [-0.25, -0.2) is 15.0 Å². The molecule has 2 aromatic heterocycles. The normalized spacial score (nSPS) is 11.7. The van der Waals surface area contributed by atoms with Crippen LogP contribution in [-0.2, 0) is 0 Å². The Morgan fingerprint density at radius 1 is 0.347 bits per heavy atom. The van der Waals surface area contributed by atoms with Crippen LogP contribution in [0, 0.1) is 0 Å². The standard InChI is InChI=1S/C45H27N3O/c1-3-12-30(13-4-1)43-46-44(31-14-5-2-6-15-31)48-45(47-43)37-19-9-16-32-27-33(24-25-34(32)37)36-18-10-20-39-41(36)38-26-23-29-22-21-28-11-7-8-17-35(28)40(29)42(38)49-39/h1-27H. The average molecular weight is 626 g/mol. The van der Waals surface area contributed by atoms with Crippen LogP contribution < -0.4 is 0 Å². The van der Waals surface area contributed by atoms with Crippen LogP contribution in [0.4, 0.5) is 0 Å². The molecule has 0 atom stereocenters. The van der Waals surface area contributed by atoms with Crippen LogP contribution >= 0.6 is 0 Å². The molecule has 0 unspecified atom stereocenters. The Kier molecular flexibility index (Phi) is 6.15. The van der Waals surface area contributed by atoms with Crippen molar-refractivity contribution in [1.29, 1.82) is 0 Å². The molecule has 0 aliphatic carbocycles. The van der Waals surface area contributed by atoms with E-state index in [0.717, 1.165) is 65.9 Å². The molecule has 4 heteroatoms. The maximum absolute atomic E-state index is 6.67. The van der Waals surface area contributed by atoms with Crippen molar-refractivity contribution in [2.24, 2.45) is 0 Å². The zero-order chi connectivity index (χ0) is 32.3. The molecule has 0 aliphatic rings. The molecular formula is C45H27N3O. The van der Waals surface area contributed by atoms with Gasteiger partial charge in [0.2, 0.25) is 0 Å². The molecule has 0 aliphatic heterocycles. The molecule has 10 rings (SSSR count). The zero-order valence-corrected chi connectivity index (χ0v) is 26.3. The van der Waals surface area contributed by atoms with Crippen LogP contribution in [0.25, 0.3) is 99.5 Å². The minimum absolute atomic E-state index is 0.646. The van der Waals surface area contributed by atoms with E-state index in [1.54, 1.807) is 0 Å². The zero-order valence-electron chi connectivity index (χ0n) is 26.3. The first-order chi connectivity index (χ1) is 24.3. The highest BCUT2D eigenvalue weighted by molar-refractivity contribution is 6.25. The summed E-state index contributed by atoms with van der Waals surface area (Å²) in [5.41, 5.74) is 6.94. The van der Waals surface area contributed by atoms with Crippen molar-refractivity contribution in [3.63, 3.8) is 0 Å². The van der Waals surface area contributed by atoms with Crippen LogP contribution in [0.3, 0.4) is 0 Å². The molecule has 8 aromatic carbocycles. The molecule has 0 fully saturated rings. The van der Waals surface area contributed by atoms with Gasteiger partial charge in [-0.3, -0.25) is 0 Å². The van der Waals surface area contributed by atoms with Crippen LogP contribution in [0.15, 0.2) is 168 Å². The van der Waals surface area contributed by atoms with Gasteiger partial charge >= 0.3 is 0 Å². The first kappa shape index (κ1) is 27.5. The quantitative estimate of drug-likeness (QED) is 0.183. The third-order valence-electron chi connectivity index (χ3n) is 9.50. The number of hydrogen-bond donors (Lipinski definition) is 0. The van der Waals surface area contributed by atoms with E-state index in [4.69, 9.17) is 19.4 Å². The lowest BCUT2D eigenvalue weighted by Gasteiger charge is -2.11. The molecule has 4 nitrogen and oxygen atoms in total. The molecule has 10 aromatic rings. The number of nitrogens with zero attached hydrogens (tertiary/aromatic N) is 3. The maximum Gasteiger partial charge on any atom is 0.164 e. The van der Waals surface area contributed by atoms with Crippen molar-refractivity contribution in [2.45, 2.75) is 0 Å². The third kappa shape index (κ3) is 4.49. The third-order valence-corrected chi connectivity index (χ3v) is 9.50. The fraction of sp³-hybridized carbons (Fsp3) is 0. The fourth-order valence-electron chi connectivity index (χ4n) is 7.19. The van der Waals surface area contributed by atoms with Crippen molar-refractivity contribution >= 4 is 54.3 Å². The Morgan fingerprint density at radius 2 is 0.959 bits per heavy atom. The summed E-state index contributed by atoms with van der Waals surface area (Å²) in [6.07, 6.45) is 0. The summed E-state index contributed by atoms with van der Waals surface area (Å²) in [4.78, 5) is 14.9. The molecule has 0 bridgehead atoms. The summed E-state index contributed by atoms with van der Waals surface area (Å²) in [7, 11) is 0. The second kappa shape index (κ2) is 11.0. The second-order valence-electron chi connectivity index (χ2n) is 12.4. The molecule has 0 saturated carbocycles.